The van der Waals surface area contributed by atoms with Gasteiger partial charge in [-0.25, -0.2) is 18.1 Å². The molecule has 302 valence electrons. The second-order valence-corrected chi connectivity index (χ2v) is 16.1. The Balaban J connectivity index is 1.57. The molecule has 0 bridgehead atoms. The van der Waals surface area contributed by atoms with Crippen LogP contribution in [0.4, 0.5) is 34.8 Å². The molecule has 0 radical (unpaired) electrons. The molecule has 2 aromatic carbocycles. The number of aryl methyl sites for hydroxylation is 3. The summed E-state index contributed by atoms with van der Waals surface area (Å²) >= 11 is 1.24. The molecule has 57 heavy (non-hydrogen) atoms. The summed E-state index contributed by atoms with van der Waals surface area (Å²) in [6.07, 6.45) is 1.76. The molecule has 5 aromatic rings. The molecular weight excluding hydrogens is 773 g/mol. The Kier molecular flexibility index (Phi) is 14.2. The number of nitrogens with one attached hydrogen (secondary N) is 3. The van der Waals surface area contributed by atoms with Crippen LogP contribution in [0.1, 0.15) is 47.7 Å². The lowest BCUT2D eigenvalue weighted by atomic mass is 10.1. The molecule has 0 aliphatic carbocycles. The van der Waals surface area contributed by atoms with E-state index in [1.807, 2.05) is 27.7 Å². The van der Waals surface area contributed by atoms with E-state index in [9.17, 15) is 18.5 Å². The quantitative estimate of drug-likeness (QED) is 0.0492. The predicted octanol–water partition coefficient (Wildman–Crippen LogP) is 6.39. The zero-order valence-corrected chi connectivity index (χ0v) is 34.5. The third-order valence-corrected chi connectivity index (χ3v) is 11.5. The normalized spacial score (nSPS) is 11.8. The minimum atomic E-state index is -4.10. The number of hydrogen-bond acceptors (Lipinski definition) is 16. The van der Waals surface area contributed by atoms with Crippen LogP contribution in [0.2, 0.25) is 0 Å². The average Bonchev–Trinajstić information content (AvgIpc) is 3.76. The van der Waals surface area contributed by atoms with Crippen LogP contribution in [0.3, 0.4) is 0 Å². The fourth-order valence-corrected chi connectivity index (χ4v) is 8.06. The van der Waals surface area contributed by atoms with Crippen molar-refractivity contribution >= 4 is 72.3 Å². The number of likely N-dealkylation sites (N-methyl/N-ethyl adjacent to an activating group) is 1. The van der Waals surface area contributed by atoms with E-state index < -0.39 is 22.5 Å². The summed E-state index contributed by atoms with van der Waals surface area (Å²) in [7, 11) is 0.372. The number of fused-ring (bicyclic) bond motifs is 1. The number of aliphatic carboxylic acids is 1. The molecule has 0 saturated carbocycles. The van der Waals surface area contributed by atoms with Crippen molar-refractivity contribution in [3.63, 3.8) is 0 Å². The predicted molar refractivity (Wildman–Crippen MR) is 218 cm³/mol. The van der Waals surface area contributed by atoms with Crippen molar-refractivity contribution in [2.75, 3.05) is 70.1 Å². The van der Waals surface area contributed by atoms with Crippen molar-refractivity contribution in [1.82, 2.24) is 29.0 Å². The summed E-state index contributed by atoms with van der Waals surface area (Å²) in [6, 6.07) is 10.8. The third-order valence-electron chi connectivity index (χ3n) is 8.68. The van der Waals surface area contributed by atoms with E-state index in [-0.39, 0.29) is 16.3 Å². The Morgan fingerprint density at radius 1 is 1.00 bits per heavy atom. The molecule has 3 aromatic heterocycles. The molecule has 3 heterocycles. The fraction of sp³-hybridized carbons (Fsp3) is 0.405. The molecule has 0 fully saturated rings. The highest BCUT2D eigenvalue weighted by molar-refractivity contribution is 7.89. The van der Waals surface area contributed by atoms with Gasteiger partial charge < -0.3 is 30.5 Å². The van der Waals surface area contributed by atoms with E-state index in [2.05, 4.69) is 54.5 Å². The van der Waals surface area contributed by atoms with Gasteiger partial charge in [0.1, 0.15) is 18.2 Å². The SMILES string of the molecule is CCc1c(C#N)c(N=Nc2c(NCCCOC)nc(Nc3c(C)cc(C)cc3C)nc2NCCCOC)nn1-c1nc2cc(S(=O)(=O)N(C)CC(=O)O)ccc2s1. The third kappa shape index (κ3) is 10.1. The molecule has 0 amide bonds. The summed E-state index contributed by atoms with van der Waals surface area (Å²) in [6.45, 7) is 9.33. The van der Waals surface area contributed by atoms with Crippen molar-refractivity contribution in [2.24, 2.45) is 10.2 Å². The van der Waals surface area contributed by atoms with E-state index in [0.29, 0.717) is 89.9 Å². The number of carboxylic acids is 1. The number of carbonyl (C=O) groups is 1. The molecule has 0 aliphatic rings. The van der Waals surface area contributed by atoms with Crippen LogP contribution in [-0.4, -0.2) is 103 Å². The lowest BCUT2D eigenvalue weighted by Gasteiger charge is -2.17. The standard InChI is InChI=1S/C37H46N12O6S2/c1-8-28-26(20-38)33(47-49(28)37-41-27-19-25(11-12-29(27)56-37)57(52,53)48(5)21-30(50)51)46-45-32-34(39-13-9-15-54-6)43-36(44-35(32)40-14-10-16-55-7)42-31-23(3)17-22(2)18-24(31)4/h11-12,17-19H,8-10,13-16,21H2,1-7H3,(H,50,51)(H3,39,40,42,43,44). The summed E-state index contributed by atoms with van der Waals surface area (Å²) in [5.74, 6) is -0.120. The molecule has 0 spiro atoms. The Morgan fingerprint density at radius 3 is 2.19 bits per heavy atom. The first kappa shape index (κ1) is 42.6. The number of rotatable bonds is 20. The van der Waals surface area contributed by atoms with Gasteiger partial charge in [0.25, 0.3) is 0 Å². The number of hydrogen-bond donors (Lipinski definition) is 4. The number of nitrogens with zero attached hydrogens (tertiary/aromatic N) is 9. The van der Waals surface area contributed by atoms with Gasteiger partial charge in [0.05, 0.1) is 20.8 Å². The molecule has 0 saturated heterocycles. The molecule has 4 N–H and O–H groups in total. The second kappa shape index (κ2) is 19.0. The van der Waals surface area contributed by atoms with Crippen molar-refractivity contribution in [3.8, 4) is 11.2 Å². The van der Waals surface area contributed by atoms with E-state index >= 15 is 0 Å². The summed E-state index contributed by atoms with van der Waals surface area (Å²) < 4.78 is 39.5. The van der Waals surface area contributed by atoms with Crippen LogP contribution in [0.5, 0.6) is 0 Å². The second-order valence-electron chi connectivity index (χ2n) is 13.0. The maximum atomic E-state index is 13.1. The topological polar surface area (TPSA) is 234 Å². The minimum Gasteiger partial charge on any atom is -0.480 e. The van der Waals surface area contributed by atoms with Gasteiger partial charge in [0.15, 0.2) is 17.3 Å². The van der Waals surface area contributed by atoms with Gasteiger partial charge in [-0.3, -0.25) is 4.79 Å². The minimum absolute atomic E-state index is 0.0379. The number of aromatic nitrogens is 5. The first-order valence-electron chi connectivity index (χ1n) is 18.1. The Bertz CT molecular complexity index is 2370. The van der Waals surface area contributed by atoms with Crippen LogP contribution in [-0.2, 0) is 30.7 Å². The maximum absolute atomic E-state index is 13.1. The fourth-order valence-electron chi connectivity index (χ4n) is 6.00. The maximum Gasteiger partial charge on any atom is 0.318 e. The van der Waals surface area contributed by atoms with Crippen molar-refractivity contribution in [1.29, 1.82) is 5.26 Å². The van der Waals surface area contributed by atoms with E-state index in [4.69, 9.17) is 24.5 Å². The van der Waals surface area contributed by atoms with Crippen molar-refractivity contribution in [2.45, 2.75) is 51.9 Å². The number of benzene rings is 2. The number of nitriles is 1. The smallest absolute Gasteiger partial charge is 0.318 e. The molecule has 18 nitrogen and oxygen atoms in total. The average molecular weight is 819 g/mol. The Labute approximate surface area is 335 Å². The first-order valence-corrected chi connectivity index (χ1v) is 20.3. The number of azo groups is 1. The molecule has 5 rings (SSSR count). The van der Waals surface area contributed by atoms with Gasteiger partial charge in [0.2, 0.25) is 26.9 Å². The van der Waals surface area contributed by atoms with E-state index in [1.54, 1.807) is 20.3 Å². The van der Waals surface area contributed by atoms with Gasteiger partial charge in [-0.2, -0.15) is 19.5 Å². The van der Waals surface area contributed by atoms with Gasteiger partial charge in [-0.05, 0) is 69.4 Å². The zero-order valence-electron chi connectivity index (χ0n) is 32.9. The van der Waals surface area contributed by atoms with Gasteiger partial charge in [0, 0.05) is 53.3 Å². The van der Waals surface area contributed by atoms with Gasteiger partial charge >= 0.3 is 5.97 Å². The highest BCUT2D eigenvalue weighted by Crippen LogP contribution is 2.37. The molecular formula is C37H46N12O6S2. The van der Waals surface area contributed by atoms with Gasteiger partial charge in [-0.1, -0.05) is 36.0 Å². The first-order chi connectivity index (χ1) is 27.3. The Hall–Kier alpha value is -5.59. The number of carboxylic acid groups (broad SMARTS) is 1. The largest absolute Gasteiger partial charge is 0.480 e. The number of methoxy groups -OCH3 is 2. The number of ether oxygens (including phenoxy) is 2. The Morgan fingerprint density at radius 2 is 1.63 bits per heavy atom. The van der Waals surface area contributed by atoms with Crippen LogP contribution in [0.25, 0.3) is 15.3 Å². The van der Waals surface area contributed by atoms with E-state index in [0.717, 1.165) is 26.7 Å². The van der Waals surface area contributed by atoms with Gasteiger partial charge in [-0.15, -0.1) is 15.3 Å². The van der Waals surface area contributed by atoms with Crippen molar-refractivity contribution < 1.29 is 27.8 Å². The highest BCUT2D eigenvalue weighted by atomic mass is 32.2. The van der Waals surface area contributed by atoms with Crippen LogP contribution < -0.4 is 16.0 Å². The summed E-state index contributed by atoms with van der Waals surface area (Å²) in [5, 5.41) is 43.7. The molecule has 20 heteroatoms. The molecule has 0 aliphatic heterocycles. The van der Waals surface area contributed by atoms with Crippen LogP contribution in [0, 0.1) is 32.1 Å². The highest BCUT2D eigenvalue weighted by Gasteiger charge is 2.25. The zero-order chi connectivity index (χ0) is 41.3. The van der Waals surface area contributed by atoms with Crippen LogP contribution in [0.15, 0.2) is 45.5 Å². The van der Waals surface area contributed by atoms with Crippen LogP contribution >= 0.6 is 11.3 Å². The molecule has 0 atom stereocenters. The summed E-state index contributed by atoms with van der Waals surface area (Å²) in [4.78, 5) is 25.4. The lowest BCUT2D eigenvalue weighted by molar-refractivity contribution is -0.137. The van der Waals surface area contributed by atoms with E-state index in [1.165, 1.54) is 35.2 Å². The number of sulfonamides is 1. The molecule has 0 unspecified atom stereocenters. The summed E-state index contributed by atoms with van der Waals surface area (Å²) in [5.41, 5.74) is 5.47. The van der Waals surface area contributed by atoms with Crippen molar-refractivity contribution in [3.05, 3.63) is 58.3 Å². The number of anilines is 4. The lowest BCUT2D eigenvalue weighted by Crippen LogP contribution is -2.31. The monoisotopic (exact) mass is 818 g/mol. The number of thiazole rings is 1.